The van der Waals surface area contributed by atoms with E-state index in [1.165, 1.54) is 0 Å². The fourth-order valence-electron chi connectivity index (χ4n) is 1.81. The standard InChI is InChI=1S/C18H25NO4/c1-5-22-16(20)15(19-17(21)23-18(2,3)4)13-9-12-14-10-7-6-8-11-14/h6-11,13,15H,5,12H2,1-4H3,(H,19,21)/b13-9-/t15-/m0/s1. The van der Waals surface area contributed by atoms with Crippen LogP contribution in [0.3, 0.4) is 0 Å². The van der Waals surface area contributed by atoms with Gasteiger partial charge in [0.2, 0.25) is 0 Å². The van der Waals surface area contributed by atoms with Crippen molar-refractivity contribution in [2.24, 2.45) is 0 Å². The second kappa shape index (κ2) is 8.98. The molecule has 126 valence electrons. The number of allylic oxidation sites excluding steroid dienone is 1. The van der Waals surface area contributed by atoms with Gasteiger partial charge in [-0.25, -0.2) is 9.59 Å². The molecule has 5 nitrogen and oxygen atoms in total. The van der Waals surface area contributed by atoms with Crippen molar-refractivity contribution in [1.29, 1.82) is 0 Å². The first-order valence-corrected chi connectivity index (χ1v) is 7.68. The lowest BCUT2D eigenvalue weighted by atomic mass is 10.1. The molecule has 0 spiro atoms. The topological polar surface area (TPSA) is 64.6 Å². The van der Waals surface area contributed by atoms with Gasteiger partial charge in [0.15, 0.2) is 0 Å². The van der Waals surface area contributed by atoms with Crippen molar-refractivity contribution < 1.29 is 19.1 Å². The Balaban J connectivity index is 2.68. The zero-order chi connectivity index (χ0) is 17.3. The minimum absolute atomic E-state index is 0.248. The molecule has 0 radical (unpaired) electrons. The second-order valence-corrected chi connectivity index (χ2v) is 5.99. The van der Waals surface area contributed by atoms with E-state index in [2.05, 4.69) is 5.32 Å². The predicted molar refractivity (Wildman–Crippen MR) is 89.1 cm³/mol. The first kappa shape index (κ1) is 18.7. The molecule has 0 saturated carbocycles. The molecule has 0 aromatic heterocycles. The minimum atomic E-state index is -0.867. The molecule has 1 aromatic rings. The number of benzene rings is 1. The van der Waals surface area contributed by atoms with Gasteiger partial charge in [0.1, 0.15) is 11.6 Å². The molecule has 0 saturated heterocycles. The normalized spacial score (nSPS) is 12.7. The smallest absolute Gasteiger partial charge is 0.408 e. The third-order valence-electron chi connectivity index (χ3n) is 2.74. The van der Waals surface area contributed by atoms with Gasteiger partial charge in [-0.2, -0.15) is 0 Å². The van der Waals surface area contributed by atoms with Crippen LogP contribution < -0.4 is 5.32 Å². The van der Waals surface area contributed by atoms with Crippen molar-refractivity contribution >= 4 is 12.1 Å². The number of hydrogen-bond donors (Lipinski definition) is 1. The second-order valence-electron chi connectivity index (χ2n) is 5.99. The van der Waals surface area contributed by atoms with E-state index >= 15 is 0 Å². The fraction of sp³-hybridized carbons (Fsp3) is 0.444. The molecule has 0 aliphatic heterocycles. The molecule has 0 aliphatic carbocycles. The van der Waals surface area contributed by atoms with E-state index in [4.69, 9.17) is 9.47 Å². The summed E-state index contributed by atoms with van der Waals surface area (Å²) < 4.78 is 10.1. The molecule has 5 heteroatoms. The third kappa shape index (κ3) is 8.04. The van der Waals surface area contributed by atoms with Crippen molar-refractivity contribution in [3.8, 4) is 0 Å². The van der Waals surface area contributed by atoms with Crippen LogP contribution in [0.5, 0.6) is 0 Å². The number of carbonyl (C=O) groups is 2. The van der Waals surface area contributed by atoms with E-state index in [-0.39, 0.29) is 6.61 Å². The molecule has 1 atom stereocenters. The van der Waals surface area contributed by atoms with E-state index in [1.54, 1.807) is 33.8 Å². The molecular weight excluding hydrogens is 294 g/mol. The third-order valence-corrected chi connectivity index (χ3v) is 2.74. The average molecular weight is 319 g/mol. The Morgan fingerprint density at radius 2 is 1.87 bits per heavy atom. The van der Waals surface area contributed by atoms with E-state index < -0.39 is 23.7 Å². The summed E-state index contributed by atoms with van der Waals surface area (Å²) in [6.45, 7) is 7.25. The molecule has 0 aliphatic rings. The fourth-order valence-corrected chi connectivity index (χ4v) is 1.81. The average Bonchev–Trinajstić information content (AvgIpc) is 2.45. The van der Waals surface area contributed by atoms with E-state index in [1.807, 2.05) is 36.4 Å². The molecule has 1 rings (SSSR count). The lowest BCUT2D eigenvalue weighted by Crippen LogP contribution is -2.43. The number of hydrogen-bond acceptors (Lipinski definition) is 4. The Morgan fingerprint density at radius 3 is 2.43 bits per heavy atom. The first-order chi connectivity index (χ1) is 10.8. The van der Waals surface area contributed by atoms with Gasteiger partial charge >= 0.3 is 12.1 Å². The molecular formula is C18H25NO4. The monoisotopic (exact) mass is 319 g/mol. The number of alkyl carbamates (subject to hydrolysis) is 1. The molecule has 1 aromatic carbocycles. The zero-order valence-electron chi connectivity index (χ0n) is 14.2. The van der Waals surface area contributed by atoms with Crippen LogP contribution in [0, 0.1) is 0 Å². The maximum absolute atomic E-state index is 11.9. The summed E-state index contributed by atoms with van der Waals surface area (Å²) in [4.78, 5) is 23.8. The number of amides is 1. The highest BCUT2D eigenvalue weighted by atomic mass is 16.6. The van der Waals surface area contributed by atoms with E-state index in [0.29, 0.717) is 6.42 Å². The van der Waals surface area contributed by atoms with Gasteiger partial charge in [0.25, 0.3) is 0 Å². The highest BCUT2D eigenvalue weighted by molar-refractivity contribution is 5.83. The van der Waals surface area contributed by atoms with Crippen molar-refractivity contribution in [2.45, 2.75) is 45.8 Å². The number of ether oxygens (including phenoxy) is 2. The molecule has 0 heterocycles. The molecule has 0 unspecified atom stereocenters. The van der Waals surface area contributed by atoms with Crippen LogP contribution in [-0.4, -0.2) is 30.3 Å². The molecule has 0 bridgehead atoms. The van der Waals surface area contributed by atoms with Gasteiger partial charge in [-0.15, -0.1) is 0 Å². The van der Waals surface area contributed by atoms with Gasteiger partial charge < -0.3 is 14.8 Å². The van der Waals surface area contributed by atoms with Gasteiger partial charge in [-0.3, -0.25) is 0 Å². The lowest BCUT2D eigenvalue weighted by molar-refractivity contribution is -0.144. The Kier molecular flexibility index (Phi) is 7.32. The molecule has 23 heavy (non-hydrogen) atoms. The van der Waals surface area contributed by atoms with E-state index in [0.717, 1.165) is 5.56 Å². The Bertz CT molecular complexity index is 532. The summed E-state index contributed by atoms with van der Waals surface area (Å²) in [7, 11) is 0. The van der Waals surface area contributed by atoms with Crippen molar-refractivity contribution in [3.05, 3.63) is 48.0 Å². The van der Waals surface area contributed by atoms with Crippen LogP contribution in [-0.2, 0) is 20.7 Å². The van der Waals surface area contributed by atoms with Crippen LogP contribution in [0.2, 0.25) is 0 Å². The summed E-state index contributed by atoms with van der Waals surface area (Å²) in [6.07, 6.45) is 3.45. The van der Waals surface area contributed by atoms with Crippen LogP contribution in [0.4, 0.5) is 4.79 Å². The molecule has 1 N–H and O–H groups in total. The molecule has 1 amide bonds. The number of nitrogens with one attached hydrogen (secondary N) is 1. The van der Waals surface area contributed by atoms with Crippen LogP contribution >= 0.6 is 0 Å². The number of rotatable bonds is 6. The summed E-state index contributed by atoms with van der Waals surface area (Å²) in [6, 6.07) is 8.96. The largest absolute Gasteiger partial charge is 0.464 e. The Hall–Kier alpha value is -2.30. The number of esters is 1. The Morgan fingerprint density at radius 1 is 1.22 bits per heavy atom. The predicted octanol–water partition coefficient (Wildman–Crippen LogP) is 3.24. The quantitative estimate of drug-likeness (QED) is 0.646. The minimum Gasteiger partial charge on any atom is -0.464 e. The lowest BCUT2D eigenvalue weighted by Gasteiger charge is -2.21. The van der Waals surface area contributed by atoms with Gasteiger partial charge in [-0.05, 0) is 39.7 Å². The molecule has 0 fully saturated rings. The van der Waals surface area contributed by atoms with Crippen LogP contribution in [0.25, 0.3) is 0 Å². The van der Waals surface area contributed by atoms with Crippen molar-refractivity contribution in [1.82, 2.24) is 5.32 Å². The maximum atomic E-state index is 11.9. The first-order valence-electron chi connectivity index (χ1n) is 7.68. The van der Waals surface area contributed by atoms with Gasteiger partial charge in [-0.1, -0.05) is 42.5 Å². The number of carbonyl (C=O) groups excluding carboxylic acids is 2. The van der Waals surface area contributed by atoms with E-state index in [9.17, 15) is 9.59 Å². The summed E-state index contributed by atoms with van der Waals surface area (Å²) >= 11 is 0. The Labute approximate surface area is 137 Å². The van der Waals surface area contributed by atoms with Crippen molar-refractivity contribution in [2.75, 3.05) is 6.61 Å². The SMILES string of the molecule is CCOC(=O)[C@H](/C=C\Cc1ccccc1)NC(=O)OC(C)(C)C. The summed E-state index contributed by atoms with van der Waals surface area (Å²) in [5.41, 5.74) is 0.487. The maximum Gasteiger partial charge on any atom is 0.408 e. The zero-order valence-corrected chi connectivity index (χ0v) is 14.2. The van der Waals surface area contributed by atoms with Gasteiger partial charge in [0, 0.05) is 0 Å². The van der Waals surface area contributed by atoms with Crippen LogP contribution in [0.15, 0.2) is 42.5 Å². The highest BCUT2D eigenvalue weighted by Gasteiger charge is 2.23. The van der Waals surface area contributed by atoms with Crippen molar-refractivity contribution in [3.63, 3.8) is 0 Å². The summed E-state index contributed by atoms with van der Waals surface area (Å²) in [5, 5.41) is 2.52. The van der Waals surface area contributed by atoms with Gasteiger partial charge in [0.05, 0.1) is 6.61 Å². The summed E-state index contributed by atoms with van der Waals surface area (Å²) in [5.74, 6) is -0.511. The highest BCUT2D eigenvalue weighted by Crippen LogP contribution is 2.07. The van der Waals surface area contributed by atoms with Crippen LogP contribution in [0.1, 0.15) is 33.3 Å².